The molecule has 1 N–H and O–H groups in total. The number of piperidine rings is 1. The van der Waals surface area contributed by atoms with E-state index in [-0.39, 0.29) is 0 Å². The largest absolute Gasteiger partial charge is 0.314 e. The third-order valence-corrected chi connectivity index (χ3v) is 5.79. The normalized spacial score (nSPS) is 31.8. The highest BCUT2D eigenvalue weighted by atomic mass is 32.2. The van der Waals surface area contributed by atoms with Gasteiger partial charge in [0.2, 0.25) is 10.0 Å². The van der Waals surface area contributed by atoms with Crippen molar-refractivity contribution in [3.63, 3.8) is 0 Å². The van der Waals surface area contributed by atoms with Crippen LogP contribution < -0.4 is 5.32 Å². The topological polar surface area (TPSA) is 49.4 Å². The van der Waals surface area contributed by atoms with Gasteiger partial charge in [-0.2, -0.15) is 0 Å². The third kappa shape index (κ3) is 3.66. The fourth-order valence-corrected chi connectivity index (χ4v) is 4.44. The maximum Gasteiger partial charge on any atom is 0.214 e. The van der Waals surface area contributed by atoms with Gasteiger partial charge in [0.05, 0.1) is 5.75 Å². The molecule has 0 aromatic heterocycles. The molecule has 2 saturated heterocycles. The summed E-state index contributed by atoms with van der Waals surface area (Å²) in [6.07, 6.45) is 5.38. The molecule has 2 heterocycles. The van der Waals surface area contributed by atoms with Crippen LogP contribution in [0, 0.1) is 5.92 Å². The molecule has 0 spiro atoms. The Morgan fingerprint density at radius 2 is 2.12 bits per heavy atom. The molecule has 2 unspecified atom stereocenters. The van der Waals surface area contributed by atoms with Gasteiger partial charge in [0, 0.05) is 19.1 Å². The molecule has 0 radical (unpaired) electrons. The van der Waals surface area contributed by atoms with Gasteiger partial charge in [-0.15, -0.1) is 0 Å². The lowest BCUT2D eigenvalue weighted by molar-refractivity contribution is 0.388. The molecule has 17 heavy (non-hydrogen) atoms. The van der Waals surface area contributed by atoms with Crippen molar-refractivity contribution in [3.05, 3.63) is 0 Å². The first-order valence-electron chi connectivity index (χ1n) is 6.79. The summed E-state index contributed by atoms with van der Waals surface area (Å²) in [5.74, 6) is 0.842. The van der Waals surface area contributed by atoms with E-state index in [2.05, 4.69) is 12.2 Å². The number of nitrogens with one attached hydrogen (secondary N) is 1. The number of rotatable bonds is 4. The molecule has 2 rings (SSSR count). The zero-order chi connectivity index (χ0) is 12.3. The average Bonchev–Trinajstić information content (AvgIpc) is 2.76. The Bertz CT molecular complexity index is 336. The fraction of sp³-hybridized carbons (Fsp3) is 1.00. The summed E-state index contributed by atoms with van der Waals surface area (Å²) in [7, 11) is -3.00. The number of nitrogens with zero attached hydrogens (tertiary/aromatic N) is 1. The van der Waals surface area contributed by atoms with Gasteiger partial charge in [-0.1, -0.05) is 13.3 Å². The Kier molecular flexibility index (Phi) is 4.44. The van der Waals surface area contributed by atoms with Crippen molar-refractivity contribution in [1.82, 2.24) is 9.62 Å². The van der Waals surface area contributed by atoms with Crippen molar-refractivity contribution in [2.24, 2.45) is 5.92 Å². The molecular formula is C12H24N2O2S. The molecule has 0 aliphatic carbocycles. The van der Waals surface area contributed by atoms with Gasteiger partial charge in [-0.3, -0.25) is 0 Å². The Balaban J connectivity index is 1.80. The Morgan fingerprint density at radius 3 is 2.71 bits per heavy atom. The lowest BCUT2D eigenvalue weighted by Gasteiger charge is -2.24. The highest BCUT2D eigenvalue weighted by Crippen LogP contribution is 2.20. The summed E-state index contributed by atoms with van der Waals surface area (Å²) in [5, 5.41) is 3.41. The van der Waals surface area contributed by atoms with Crippen molar-refractivity contribution in [2.75, 3.05) is 25.4 Å². The molecule has 0 saturated carbocycles. The minimum Gasteiger partial charge on any atom is -0.314 e. The highest BCUT2D eigenvalue weighted by molar-refractivity contribution is 7.89. The van der Waals surface area contributed by atoms with Gasteiger partial charge < -0.3 is 5.32 Å². The maximum atomic E-state index is 12.1. The molecule has 2 fully saturated rings. The molecule has 0 amide bonds. The summed E-state index contributed by atoms with van der Waals surface area (Å²) in [5.41, 5.74) is 0. The standard InChI is InChI=1S/C12H24N2O2S/c1-11-5-8-14(10-11)17(15,16)9-6-12-4-2-3-7-13-12/h11-13H,2-10H2,1H3. The molecule has 100 valence electrons. The average molecular weight is 260 g/mol. The minimum atomic E-state index is -3.00. The van der Waals surface area contributed by atoms with Crippen LogP contribution in [0.25, 0.3) is 0 Å². The summed E-state index contributed by atoms with van der Waals surface area (Å²) in [4.78, 5) is 0. The molecule has 0 bridgehead atoms. The van der Waals surface area contributed by atoms with Crippen molar-refractivity contribution in [1.29, 1.82) is 0 Å². The first kappa shape index (κ1) is 13.3. The van der Waals surface area contributed by atoms with Crippen LogP contribution in [0.4, 0.5) is 0 Å². The van der Waals surface area contributed by atoms with E-state index in [0.29, 0.717) is 17.7 Å². The Hall–Kier alpha value is -0.130. The molecular weight excluding hydrogens is 236 g/mol. The lowest BCUT2D eigenvalue weighted by atomic mass is 10.0. The summed E-state index contributed by atoms with van der Waals surface area (Å²) < 4.78 is 25.9. The molecule has 4 nitrogen and oxygen atoms in total. The first-order chi connectivity index (χ1) is 8.08. The van der Waals surface area contributed by atoms with Crippen molar-refractivity contribution >= 4 is 10.0 Å². The van der Waals surface area contributed by atoms with Crippen LogP contribution in [-0.4, -0.2) is 44.2 Å². The Morgan fingerprint density at radius 1 is 1.29 bits per heavy atom. The predicted octanol–water partition coefficient (Wildman–Crippen LogP) is 1.19. The second-order valence-electron chi connectivity index (χ2n) is 5.50. The van der Waals surface area contributed by atoms with Gasteiger partial charge >= 0.3 is 0 Å². The first-order valence-corrected chi connectivity index (χ1v) is 8.40. The van der Waals surface area contributed by atoms with E-state index in [1.54, 1.807) is 4.31 Å². The molecule has 2 atom stereocenters. The summed E-state index contributed by atoms with van der Waals surface area (Å²) >= 11 is 0. The predicted molar refractivity (Wildman–Crippen MR) is 69.4 cm³/mol. The Labute approximate surface area is 105 Å². The zero-order valence-corrected chi connectivity index (χ0v) is 11.5. The number of hydrogen-bond acceptors (Lipinski definition) is 3. The minimum absolute atomic E-state index is 0.317. The van der Waals surface area contributed by atoms with E-state index in [1.807, 2.05) is 0 Å². The zero-order valence-electron chi connectivity index (χ0n) is 10.7. The quantitative estimate of drug-likeness (QED) is 0.826. The van der Waals surface area contributed by atoms with Gasteiger partial charge in [-0.05, 0) is 38.1 Å². The molecule has 0 aromatic rings. The van der Waals surface area contributed by atoms with E-state index < -0.39 is 10.0 Å². The van der Waals surface area contributed by atoms with Crippen LogP contribution in [0.1, 0.15) is 39.0 Å². The van der Waals surface area contributed by atoms with E-state index >= 15 is 0 Å². The maximum absolute atomic E-state index is 12.1. The molecule has 2 aliphatic rings. The van der Waals surface area contributed by atoms with E-state index in [9.17, 15) is 8.42 Å². The van der Waals surface area contributed by atoms with Crippen LogP contribution in [0.5, 0.6) is 0 Å². The summed E-state index contributed by atoms with van der Waals surface area (Å²) in [6.45, 7) is 4.62. The van der Waals surface area contributed by atoms with Crippen molar-refractivity contribution in [2.45, 2.75) is 45.1 Å². The van der Waals surface area contributed by atoms with Crippen LogP contribution in [-0.2, 0) is 10.0 Å². The van der Waals surface area contributed by atoms with Gasteiger partial charge in [0.15, 0.2) is 0 Å². The molecule has 5 heteroatoms. The van der Waals surface area contributed by atoms with Crippen molar-refractivity contribution in [3.8, 4) is 0 Å². The lowest BCUT2D eigenvalue weighted by Crippen LogP contribution is -2.38. The van der Waals surface area contributed by atoms with E-state index in [1.165, 1.54) is 12.8 Å². The van der Waals surface area contributed by atoms with Gasteiger partial charge in [0.25, 0.3) is 0 Å². The monoisotopic (exact) mass is 260 g/mol. The van der Waals surface area contributed by atoms with Crippen LogP contribution in [0.3, 0.4) is 0 Å². The number of hydrogen-bond donors (Lipinski definition) is 1. The molecule has 2 aliphatic heterocycles. The second kappa shape index (κ2) is 5.67. The van der Waals surface area contributed by atoms with Crippen LogP contribution in [0.2, 0.25) is 0 Å². The SMILES string of the molecule is CC1CCN(S(=O)(=O)CCC2CCCCN2)C1. The fourth-order valence-electron chi connectivity index (χ4n) is 2.74. The van der Waals surface area contributed by atoms with Crippen LogP contribution >= 0.6 is 0 Å². The van der Waals surface area contributed by atoms with Crippen LogP contribution in [0.15, 0.2) is 0 Å². The van der Waals surface area contributed by atoms with E-state index in [0.717, 1.165) is 38.9 Å². The summed E-state index contributed by atoms with van der Waals surface area (Å²) in [6, 6.07) is 0.415. The van der Waals surface area contributed by atoms with E-state index in [4.69, 9.17) is 0 Å². The van der Waals surface area contributed by atoms with Gasteiger partial charge in [-0.25, -0.2) is 12.7 Å². The highest BCUT2D eigenvalue weighted by Gasteiger charge is 2.29. The number of sulfonamides is 1. The third-order valence-electron chi connectivity index (χ3n) is 3.92. The smallest absolute Gasteiger partial charge is 0.214 e. The van der Waals surface area contributed by atoms with Gasteiger partial charge in [0.1, 0.15) is 0 Å². The molecule has 0 aromatic carbocycles. The van der Waals surface area contributed by atoms with Crippen molar-refractivity contribution < 1.29 is 8.42 Å². The second-order valence-corrected chi connectivity index (χ2v) is 7.59.